The molecule has 1 aromatic carbocycles. The third-order valence-corrected chi connectivity index (χ3v) is 4.13. The number of rotatable bonds is 2. The van der Waals surface area contributed by atoms with Crippen LogP contribution in [0.1, 0.15) is 26.6 Å². The number of thiazole rings is 1. The van der Waals surface area contributed by atoms with E-state index in [2.05, 4.69) is 4.98 Å². The van der Waals surface area contributed by atoms with Crippen molar-refractivity contribution in [2.75, 3.05) is 4.90 Å². The van der Waals surface area contributed by atoms with Crippen LogP contribution >= 0.6 is 11.3 Å². The maximum Gasteiger partial charge on any atom is 0.299 e. The molecule has 1 aliphatic heterocycles. The van der Waals surface area contributed by atoms with Crippen LogP contribution in [0.5, 0.6) is 0 Å². The maximum atomic E-state index is 13.4. The molecule has 0 N–H and O–H groups in total. The van der Waals surface area contributed by atoms with E-state index in [0.29, 0.717) is 11.3 Å². The largest absolute Gasteiger partial charge is 0.299 e. The molecule has 0 unspecified atom stereocenters. The fraction of sp³-hybridized carbons (Fsp3) is 0.214. The predicted molar refractivity (Wildman–Crippen MR) is 73.5 cm³/mol. The number of hydrogen-bond acceptors (Lipinski definition) is 4. The zero-order valence-corrected chi connectivity index (χ0v) is 11.8. The Kier molecular flexibility index (Phi) is 2.90. The first-order valence-corrected chi connectivity index (χ1v) is 6.92. The number of aromatic nitrogens is 1. The molecule has 4 nitrogen and oxygen atoms in total. The van der Waals surface area contributed by atoms with Crippen molar-refractivity contribution in [1.29, 1.82) is 0 Å². The summed E-state index contributed by atoms with van der Waals surface area (Å²) in [6, 6.07) is 2.44. The van der Waals surface area contributed by atoms with E-state index in [4.69, 9.17) is 0 Å². The van der Waals surface area contributed by atoms with Gasteiger partial charge in [0.1, 0.15) is 10.8 Å². The van der Waals surface area contributed by atoms with Gasteiger partial charge in [0.05, 0.1) is 17.8 Å². The van der Waals surface area contributed by atoms with Crippen LogP contribution in [0.4, 0.5) is 10.1 Å². The molecule has 0 aliphatic carbocycles. The lowest BCUT2D eigenvalue weighted by atomic mass is 10.1. The molecule has 1 amide bonds. The van der Waals surface area contributed by atoms with E-state index in [0.717, 1.165) is 16.8 Å². The van der Waals surface area contributed by atoms with E-state index in [9.17, 15) is 14.0 Å². The van der Waals surface area contributed by atoms with Gasteiger partial charge in [-0.2, -0.15) is 0 Å². The van der Waals surface area contributed by atoms with Crippen molar-refractivity contribution in [1.82, 2.24) is 4.98 Å². The standard InChI is InChI=1S/C14H11FN2O2S/c1-7-3-9(15)4-10-12(7)17(14(19)13(10)18)5-11-16-8(2)6-20-11/h3-4,6H,5H2,1-2H3. The van der Waals surface area contributed by atoms with Gasteiger partial charge in [0.25, 0.3) is 11.7 Å². The Morgan fingerprint density at radius 3 is 2.70 bits per heavy atom. The molecule has 0 saturated heterocycles. The summed E-state index contributed by atoms with van der Waals surface area (Å²) in [5, 5.41) is 2.64. The minimum absolute atomic E-state index is 0.140. The van der Waals surface area contributed by atoms with Crippen molar-refractivity contribution in [3.63, 3.8) is 0 Å². The zero-order valence-electron chi connectivity index (χ0n) is 10.9. The number of aryl methyl sites for hydroxylation is 2. The van der Waals surface area contributed by atoms with Crippen molar-refractivity contribution in [3.05, 3.63) is 45.2 Å². The second-order valence-corrected chi connectivity index (χ2v) is 5.66. The highest BCUT2D eigenvalue weighted by Gasteiger charge is 2.37. The molecule has 3 rings (SSSR count). The summed E-state index contributed by atoms with van der Waals surface area (Å²) < 4.78 is 13.4. The molecule has 2 aromatic rings. The number of carbonyl (C=O) groups excluding carboxylic acids is 2. The topological polar surface area (TPSA) is 50.3 Å². The third kappa shape index (κ3) is 1.92. The van der Waals surface area contributed by atoms with Gasteiger partial charge in [-0.05, 0) is 31.5 Å². The van der Waals surface area contributed by atoms with Crippen molar-refractivity contribution in [3.8, 4) is 0 Å². The van der Waals surface area contributed by atoms with Crippen LogP contribution in [0.2, 0.25) is 0 Å². The number of fused-ring (bicyclic) bond motifs is 1. The van der Waals surface area contributed by atoms with E-state index in [1.165, 1.54) is 22.3 Å². The first-order valence-electron chi connectivity index (χ1n) is 6.04. The fourth-order valence-corrected chi connectivity index (χ4v) is 3.13. The van der Waals surface area contributed by atoms with Crippen LogP contribution in [0.3, 0.4) is 0 Å². The minimum Gasteiger partial charge on any atom is -0.298 e. The molecule has 0 spiro atoms. The number of ketones is 1. The average molecular weight is 290 g/mol. The van der Waals surface area contributed by atoms with Gasteiger partial charge in [-0.1, -0.05) is 0 Å². The lowest BCUT2D eigenvalue weighted by Crippen LogP contribution is -2.29. The number of carbonyl (C=O) groups is 2. The molecule has 20 heavy (non-hydrogen) atoms. The highest BCUT2D eigenvalue weighted by atomic mass is 32.1. The van der Waals surface area contributed by atoms with Gasteiger partial charge < -0.3 is 0 Å². The summed E-state index contributed by atoms with van der Waals surface area (Å²) in [4.78, 5) is 29.7. The Labute approximate surface area is 118 Å². The number of anilines is 1. The molecule has 1 aromatic heterocycles. The van der Waals surface area contributed by atoms with Crippen LogP contribution in [0.25, 0.3) is 0 Å². The first-order chi connectivity index (χ1) is 9.47. The summed E-state index contributed by atoms with van der Waals surface area (Å²) in [5.74, 6) is -1.79. The second-order valence-electron chi connectivity index (χ2n) is 4.72. The number of hydrogen-bond donors (Lipinski definition) is 0. The number of amides is 1. The van der Waals surface area contributed by atoms with Gasteiger partial charge in [0.2, 0.25) is 0 Å². The summed E-state index contributed by atoms with van der Waals surface area (Å²) in [6.45, 7) is 3.79. The van der Waals surface area contributed by atoms with Crippen LogP contribution < -0.4 is 4.90 Å². The molecular weight excluding hydrogens is 279 g/mol. The Bertz CT molecular complexity index is 739. The SMILES string of the molecule is Cc1csc(CN2C(=O)C(=O)c3cc(F)cc(C)c32)n1. The molecular formula is C14H11FN2O2S. The summed E-state index contributed by atoms with van der Waals surface area (Å²) >= 11 is 1.43. The van der Waals surface area contributed by atoms with E-state index < -0.39 is 17.5 Å². The Hall–Kier alpha value is -2.08. The van der Waals surface area contributed by atoms with Crippen LogP contribution in [-0.2, 0) is 11.3 Å². The molecule has 0 saturated carbocycles. The molecule has 6 heteroatoms. The van der Waals surface area contributed by atoms with Crippen molar-refractivity contribution < 1.29 is 14.0 Å². The molecule has 0 atom stereocenters. The average Bonchev–Trinajstić information content (AvgIpc) is 2.88. The smallest absolute Gasteiger partial charge is 0.298 e. The highest BCUT2D eigenvalue weighted by molar-refractivity contribution is 7.09. The van der Waals surface area contributed by atoms with E-state index in [1.54, 1.807) is 6.92 Å². The monoisotopic (exact) mass is 290 g/mol. The highest BCUT2D eigenvalue weighted by Crippen LogP contribution is 2.34. The van der Waals surface area contributed by atoms with E-state index in [-0.39, 0.29) is 12.1 Å². The number of benzene rings is 1. The molecule has 1 aliphatic rings. The van der Waals surface area contributed by atoms with Gasteiger partial charge in [-0.15, -0.1) is 11.3 Å². The molecule has 0 bridgehead atoms. The fourth-order valence-electron chi connectivity index (χ4n) is 2.37. The molecule has 2 heterocycles. The van der Waals surface area contributed by atoms with Gasteiger partial charge in [-0.25, -0.2) is 9.37 Å². The number of nitrogens with zero attached hydrogens (tertiary/aromatic N) is 2. The van der Waals surface area contributed by atoms with Gasteiger partial charge in [0, 0.05) is 11.1 Å². The Morgan fingerprint density at radius 1 is 1.30 bits per heavy atom. The van der Waals surface area contributed by atoms with Crippen molar-refractivity contribution >= 4 is 28.7 Å². The number of Topliss-reactive ketones (excluding diaryl/α,β-unsaturated/α-hetero) is 1. The van der Waals surface area contributed by atoms with Crippen LogP contribution in [-0.4, -0.2) is 16.7 Å². The zero-order chi connectivity index (χ0) is 14.4. The first kappa shape index (κ1) is 12.9. The molecule has 0 radical (unpaired) electrons. The predicted octanol–water partition coefficient (Wildman–Crippen LogP) is 2.63. The molecule has 0 fully saturated rings. The van der Waals surface area contributed by atoms with Crippen LogP contribution in [0, 0.1) is 19.7 Å². The lowest BCUT2D eigenvalue weighted by molar-refractivity contribution is -0.114. The number of halogens is 1. The van der Waals surface area contributed by atoms with Crippen LogP contribution in [0.15, 0.2) is 17.5 Å². The minimum atomic E-state index is -0.657. The summed E-state index contributed by atoms with van der Waals surface area (Å²) in [5.41, 5.74) is 2.08. The Balaban J connectivity index is 2.06. The third-order valence-electron chi connectivity index (χ3n) is 3.18. The normalized spacial score (nSPS) is 14.1. The van der Waals surface area contributed by atoms with Gasteiger partial charge in [0.15, 0.2) is 0 Å². The second kappa shape index (κ2) is 4.49. The van der Waals surface area contributed by atoms with E-state index in [1.807, 2.05) is 12.3 Å². The summed E-state index contributed by atoms with van der Waals surface area (Å²) in [7, 11) is 0. The van der Waals surface area contributed by atoms with Crippen molar-refractivity contribution in [2.24, 2.45) is 0 Å². The molecule has 102 valence electrons. The summed E-state index contributed by atoms with van der Waals surface area (Å²) in [6.07, 6.45) is 0. The maximum absolute atomic E-state index is 13.4. The Morgan fingerprint density at radius 2 is 2.05 bits per heavy atom. The quantitative estimate of drug-likeness (QED) is 0.799. The van der Waals surface area contributed by atoms with E-state index >= 15 is 0 Å². The van der Waals surface area contributed by atoms with Crippen molar-refractivity contribution in [2.45, 2.75) is 20.4 Å². The van der Waals surface area contributed by atoms with Gasteiger partial charge in [-0.3, -0.25) is 14.5 Å². The van der Waals surface area contributed by atoms with Gasteiger partial charge >= 0.3 is 0 Å². The lowest BCUT2D eigenvalue weighted by Gasteiger charge is -2.17.